The monoisotopic (exact) mass is 447 g/mol. The fourth-order valence-corrected chi connectivity index (χ4v) is 5.46. The number of anilines is 3. The van der Waals surface area contributed by atoms with Crippen LogP contribution in [0.15, 0.2) is 42.6 Å². The molecule has 7 heteroatoms. The van der Waals surface area contributed by atoms with E-state index in [9.17, 15) is 9.59 Å². The molecule has 3 aliphatic heterocycles. The van der Waals surface area contributed by atoms with Gasteiger partial charge in [0.1, 0.15) is 0 Å². The van der Waals surface area contributed by atoms with Crippen molar-refractivity contribution >= 4 is 29.0 Å². The quantitative estimate of drug-likeness (QED) is 0.724. The third kappa shape index (κ3) is 4.80. The first-order chi connectivity index (χ1) is 16.2. The molecule has 2 aromatic rings. The van der Waals surface area contributed by atoms with Gasteiger partial charge in [0.15, 0.2) is 5.82 Å². The predicted molar refractivity (Wildman–Crippen MR) is 130 cm³/mol. The van der Waals surface area contributed by atoms with Gasteiger partial charge in [-0.3, -0.25) is 19.4 Å². The van der Waals surface area contributed by atoms with Crippen molar-refractivity contribution in [2.75, 3.05) is 42.9 Å². The summed E-state index contributed by atoms with van der Waals surface area (Å²) in [7, 11) is 0. The van der Waals surface area contributed by atoms with E-state index in [1.54, 1.807) is 29.3 Å². The van der Waals surface area contributed by atoms with Gasteiger partial charge in [-0.1, -0.05) is 18.6 Å². The van der Waals surface area contributed by atoms with Crippen LogP contribution in [0.5, 0.6) is 0 Å². The molecule has 33 heavy (non-hydrogen) atoms. The van der Waals surface area contributed by atoms with Crippen molar-refractivity contribution in [1.82, 2.24) is 14.8 Å². The predicted octanol–water partition coefficient (Wildman–Crippen LogP) is 4.04. The smallest absolute Gasteiger partial charge is 0.257 e. The molecule has 1 aromatic carbocycles. The average Bonchev–Trinajstić information content (AvgIpc) is 3.30. The van der Waals surface area contributed by atoms with Crippen LogP contribution in [0, 0.1) is 0 Å². The van der Waals surface area contributed by atoms with Crippen LogP contribution >= 0.6 is 0 Å². The molecule has 1 aromatic heterocycles. The van der Waals surface area contributed by atoms with Gasteiger partial charge < -0.3 is 10.2 Å². The molecule has 0 bridgehead atoms. The summed E-state index contributed by atoms with van der Waals surface area (Å²) in [6, 6.07) is 11.4. The summed E-state index contributed by atoms with van der Waals surface area (Å²) in [6.45, 7) is 5.69. The molecule has 3 aliphatic rings. The molecular formula is C26H33N5O2. The van der Waals surface area contributed by atoms with Gasteiger partial charge in [0, 0.05) is 25.2 Å². The van der Waals surface area contributed by atoms with Crippen molar-refractivity contribution in [3.05, 3.63) is 48.2 Å². The van der Waals surface area contributed by atoms with Gasteiger partial charge in [-0.25, -0.2) is 4.98 Å². The van der Waals surface area contributed by atoms with Crippen LogP contribution in [-0.4, -0.2) is 65.4 Å². The van der Waals surface area contributed by atoms with Gasteiger partial charge in [-0.15, -0.1) is 0 Å². The number of hydrogen-bond acceptors (Lipinski definition) is 5. The number of piperidine rings is 1. The summed E-state index contributed by atoms with van der Waals surface area (Å²) in [5.41, 5.74) is 1.65. The maximum Gasteiger partial charge on any atom is 0.257 e. The number of para-hydroxylation sites is 1. The van der Waals surface area contributed by atoms with Crippen molar-refractivity contribution in [1.29, 1.82) is 0 Å². The molecule has 174 valence electrons. The molecule has 1 N–H and O–H groups in total. The zero-order valence-corrected chi connectivity index (χ0v) is 19.2. The Morgan fingerprint density at radius 1 is 1.03 bits per heavy atom. The maximum absolute atomic E-state index is 13.5. The Labute approximate surface area is 195 Å². The van der Waals surface area contributed by atoms with Gasteiger partial charge in [-0.2, -0.15) is 0 Å². The minimum atomic E-state index is -0.215. The third-order valence-corrected chi connectivity index (χ3v) is 7.14. The zero-order valence-electron chi connectivity index (χ0n) is 19.2. The van der Waals surface area contributed by atoms with E-state index in [0.29, 0.717) is 35.2 Å². The lowest BCUT2D eigenvalue weighted by atomic mass is 10.0. The van der Waals surface area contributed by atoms with Crippen LogP contribution in [0.25, 0.3) is 0 Å². The Hall–Kier alpha value is -2.77. The van der Waals surface area contributed by atoms with E-state index in [2.05, 4.69) is 20.1 Å². The Balaban J connectivity index is 1.28. The molecule has 4 heterocycles. The molecule has 0 radical (unpaired) electrons. The lowest BCUT2D eigenvalue weighted by Gasteiger charge is -2.38. The Morgan fingerprint density at radius 2 is 1.85 bits per heavy atom. The first kappa shape index (κ1) is 22.0. The summed E-state index contributed by atoms with van der Waals surface area (Å²) in [5, 5.41) is 2.90. The Kier molecular flexibility index (Phi) is 6.69. The number of aromatic nitrogens is 1. The van der Waals surface area contributed by atoms with E-state index in [-0.39, 0.29) is 11.8 Å². The van der Waals surface area contributed by atoms with Crippen molar-refractivity contribution in [3.63, 3.8) is 0 Å². The SMILES string of the molecule is O=C1Nc2cccnc2N(C(=O)CCCN2CCCCC2CN2CCCC2)c2ccccc21. The summed E-state index contributed by atoms with van der Waals surface area (Å²) < 4.78 is 0. The number of carbonyl (C=O) groups excluding carboxylic acids is 2. The molecule has 0 aliphatic carbocycles. The van der Waals surface area contributed by atoms with E-state index in [1.807, 2.05) is 18.2 Å². The second-order valence-corrected chi connectivity index (χ2v) is 9.37. The van der Waals surface area contributed by atoms with Gasteiger partial charge >= 0.3 is 0 Å². The molecule has 1 unspecified atom stereocenters. The van der Waals surface area contributed by atoms with Crippen LogP contribution in [0.4, 0.5) is 17.2 Å². The van der Waals surface area contributed by atoms with Gasteiger partial charge in [0.2, 0.25) is 5.91 Å². The summed E-state index contributed by atoms with van der Waals surface area (Å²) in [4.78, 5) is 37.5. The molecule has 2 amide bonds. The highest BCUT2D eigenvalue weighted by Crippen LogP contribution is 2.36. The number of hydrogen-bond donors (Lipinski definition) is 1. The largest absolute Gasteiger partial charge is 0.319 e. The van der Waals surface area contributed by atoms with Crippen LogP contribution in [-0.2, 0) is 4.79 Å². The van der Waals surface area contributed by atoms with Crippen LogP contribution in [0.2, 0.25) is 0 Å². The average molecular weight is 448 g/mol. The minimum absolute atomic E-state index is 0.0213. The molecule has 5 rings (SSSR count). The standard InChI is InChI=1S/C26H33N5O2/c32-24(13-8-18-30-17-4-3-9-20(30)19-29-15-5-6-16-29)31-23-12-2-1-10-21(23)26(33)28-22-11-7-14-27-25(22)31/h1-2,7,10-12,14,20H,3-6,8-9,13,15-19H2,(H,28,33). The van der Waals surface area contributed by atoms with Crippen molar-refractivity contribution in [2.45, 2.75) is 51.0 Å². The maximum atomic E-state index is 13.5. The number of carbonyl (C=O) groups is 2. The number of nitrogens with one attached hydrogen (secondary N) is 1. The molecule has 2 fully saturated rings. The highest BCUT2D eigenvalue weighted by Gasteiger charge is 2.30. The van der Waals surface area contributed by atoms with Gasteiger partial charge in [0.25, 0.3) is 5.91 Å². The van der Waals surface area contributed by atoms with Gasteiger partial charge in [0.05, 0.1) is 16.9 Å². The van der Waals surface area contributed by atoms with Crippen LogP contribution in [0.1, 0.15) is 55.3 Å². The number of likely N-dealkylation sites (tertiary alicyclic amines) is 2. The minimum Gasteiger partial charge on any atom is -0.319 e. The first-order valence-electron chi connectivity index (χ1n) is 12.4. The van der Waals surface area contributed by atoms with Crippen molar-refractivity contribution < 1.29 is 9.59 Å². The van der Waals surface area contributed by atoms with Crippen molar-refractivity contribution in [2.24, 2.45) is 0 Å². The highest BCUT2D eigenvalue weighted by atomic mass is 16.2. The Morgan fingerprint density at radius 3 is 2.73 bits per heavy atom. The third-order valence-electron chi connectivity index (χ3n) is 7.14. The zero-order chi connectivity index (χ0) is 22.6. The lowest BCUT2D eigenvalue weighted by Crippen LogP contribution is -2.46. The second-order valence-electron chi connectivity index (χ2n) is 9.37. The molecule has 0 saturated carbocycles. The molecule has 2 saturated heterocycles. The number of rotatable bonds is 6. The number of pyridine rings is 1. The fourth-order valence-electron chi connectivity index (χ4n) is 5.46. The van der Waals surface area contributed by atoms with E-state index in [4.69, 9.17) is 0 Å². The molecule has 7 nitrogen and oxygen atoms in total. The number of fused-ring (bicyclic) bond motifs is 2. The summed E-state index contributed by atoms with van der Waals surface area (Å²) >= 11 is 0. The van der Waals surface area contributed by atoms with E-state index < -0.39 is 0 Å². The van der Waals surface area contributed by atoms with Crippen LogP contribution < -0.4 is 10.2 Å². The number of amides is 2. The fraction of sp³-hybridized carbons (Fsp3) is 0.500. The first-order valence-corrected chi connectivity index (χ1v) is 12.4. The summed E-state index contributed by atoms with van der Waals surface area (Å²) in [5.74, 6) is 0.255. The number of benzene rings is 1. The topological polar surface area (TPSA) is 68.8 Å². The van der Waals surface area contributed by atoms with Gasteiger partial charge in [-0.05, 0) is 82.5 Å². The molecular weight excluding hydrogens is 414 g/mol. The normalized spacial score (nSPS) is 21.3. The number of nitrogens with zero attached hydrogens (tertiary/aromatic N) is 4. The lowest BCUT2D eigenvalue weighted by molar-refractivity contribution is -0.118. The van der Waals surface area contributed by atoms with E-state index in [0.717, 1.165) is 19.5 Å². The van der Waals surface area contributed by atoms with Crippen molar-refractivity contribution in [3.8, 4) is 0 Å². The van der Waals surface area contributed by atoms with E-state index >= 15 is 0 Å². The highest BCUT2D eigenvalue weighted by molar-refractivity contribution is 6.17. The summed E-state index contributed by atoms with van der Waals surface area (Å²) in [6.07, 6.45) is 9.35. The van der Waals surface area contributed by atoms with E-state index in [1.165, 1.54) is 51.7 Å². The van der Waals surface area contributed by atoms with Crippen LogP contribution in [0.3, 0.4) is 0 Å². The Bertz CT molecular complexity index is 1000. The second kappa shape index (κ2) is 10.0. The molecule has 0 spiro atoms. The molecule has 1 atom stereocenters.